The van der Waals surface area contributed by atoms with E-state index >= 15 is 0 Å². The van der Waals surface area contributed by atoms with Crippen molar-refractivity contribution in [2.24, 2.45) is 0 Å². The summed E-state index contributed by atoms with van der Waals surface area (Å²) < 4.78 is 0. The smallest absolute Gasteiger partial charge is 0.141 e. The third-order valence-electron chi connectivity index (χ3n) is 1.73. The molecule has 0 bridgehead atoms. The largest absolute Gasteiger partial charge is 0.299 e. The van der Waals surface area contributed by atoms with Gasteiger partial charge < -0.3 is 0 Å². The van der Waals surface area contributed by atoms with Gasteiger partial charge in [-0.05, 0) is 19.4 Å². The van der Waals surface area contributed by atoms with E-state index in [1.807, 2.05) is 37.3 Å². The Balaban J connectivity index is 2.85. The van der Waals surface area contributed by atoms with Gasteiger partial charge in [0.05, 0.1) is 5.92 Å². The molecule has 0 aliphatic heterocycles. The molecule has 0 fully saturated rings. The molecule has 0 heterocycles. The molecule has 1 nitrogen and oxygen atoms in total. The van der Waals surface area contributed by atoms with E-state index < -0.39 is 0 Å². The van der Waals surface area contributed by atoms with Gasteiger partial charge in [-0.1, -0.05) is 30.3 Å². The van der Waals surface area contributed by atoms with Crippen LogP contribution in [0.5, 0.6) is 0 Å². The van der Waals surface area contributed by atoms with Gasteiger partial charge in [-0.15, -0.1) is 0 Å². The molecule has 0 atom stereocenters. The number of rotatable bonds is 2. The van der Waals surface area contributed by atoms with Gasteiger partial charge in [-0.25, -0.2) is 0 Å². The highest BCUT2D eigenvalue weighted by Crippen LogP contribution is 2.13. The van der Waals surface area contributed by atoms with E-state index in [9.17, 15) is 4.79 Å². The van der Waals surface area contributed by atoms with Crippen molar-refractivity contribution in [3.05, 3.63) is 41.8 Å². The Morgan fingerprint density at radius 3 is 2.09 bits per heavy atom. The third kappa shape index (κ3) is 1.90. The minimum Gasteiger partial charge on any atom is -0.299 e. The summed E-state index contributed by atoms with van der Waals surface area (Å²) in [5.74, 6) is 0.960. The molecule has 1 radical (unpaired) electrons. The highest BCUT2D eigenvalue weighted by atomic mass is 16.1. The number of ketones is 1. The van der Waals surface area contributed by atoms with Crippen LogP contribution in [0.2, 0.25) is 0 Å². The average Bonchev–Trinajstić information content (AvgIpc) is 2.05. The minimum absolute atomic E-state index is 0.135. The van der Waals surface area contributed by atoms with Crippen molar-refractivity contribution in [1.29, 1.82) is 0 Å². The van der Waals surface area contributed by atoms with Crippen molar-refractivity contribution in [3.8, 4) is 0 Å². The van der Waals surface area contributed by atoms with Crippen LogP contribution < -0.4 is 0 Å². The first-order chi connectivity index (χ1) is 5.22. The zero-order valence-corrected chi connectivity index (χ0v) is 6.79. The van der Waals surface area contributed by atoms with Gasteiger partial charge in [0.15, 0.2) is 0 Å². The Kier molecular flexibility index (Phi) is 2.42. The fourth-order valence-electron chi connectivity index (χ4n) is 0.891. The van der Waals surface area contributed by atoms with E-state index in [1.165, 1.54) is 0 Å². The van der Waals surface area contributed by atoms with Gasteiger partial charge in [0.2, 0.25) is 0 Å². The molecule has 0 saturated carbocycles. The zero-order valence-electron chi connectivity index (χ0n) is 6.79. The standard InChI is InChI=1S/C10H11O/c1-8(9(2)11)10-6-4-3-5-7-10/h3-7H,1-2H3. The van der Waals surface area contributed by atoms with Gasteiger partial charge in [0.1, 0.15) is 5.78 Å². The lowest BCUT2D eigenvalue weighted by atomic mass is 9.98. The van der Waals surface area contributed by atoms with E-state index in [0.29, 0.717) is 0 Å². The molecule has 0 aromatic heterocycles. The lowest BCUT2D eigenvalue weighted by Gasteiger charge is -2.04. The van der Waals surface area contributed by atoms with Crippen molar-refractivity contribution in [3.63, 3.8) is 0 Å². The molecular formula is C10H11O. The summed E-state index contributed by atoms with van der Waals surface area (Å²) in [6.07, 6.45) is 0. The quantitative estimate of drug-likeness (QED) is 0.626. The van der Waals surface area contributed by atoms with Gasteiger partial charge in [-0.2, -0.15) is 0 Å². The molecule has 0 saturated heterocycles. The molecular weight excluding hydrogens is 136 g/mol. The number of carbonyl (C=O) groups excluding carboxylic acids is 1. The van der Waals surface area contributed by atoms with Crippen molar-refractivity contribution in [2.75, 3.05) is 0 Å². The predicted octanol–water partition coefficient (Wildman–Crippen LogP) is 2.22. The van der Waals surface area contributed by atoms with Crippen LogP contribution in [-0.2, 0) is 4.79 Å². The lowest BCUT2D eigenvalue weighted by molar-refractivity contribution is -0.114. The molecule has 0 aliphatic carbocycles. The fourth-order valence-corrected chi connectivity index (χ4v) is 0.891. The summed E-state index contributed by atoms with van der Waals surface area (Å²) in [6, 6.07) is 9.69. The summed E-state index contributed by atoms with van der Waals surface area (Å²) in [5, 5.41) is 0. The Morgan fingerprint density at radius 1 is 1.09 bits per heavy atom. The first kappa shape index (κ1) is 7.99. The second kappa shape index (κ2) is 3.33. The highest BCUT2D eigenvalue weighted by Gasteiger charge is 2.09. The Bertz CT molecular complexity index is 238. The maximum absolute atomic E-state index is 10.9. The molecule has 0 unspecified atom stereocenters. The van der Waals surface area contributed by atoms with Crippen LogP contribution in [0.15, 0.2) is 30.3 Å². The lowest BCUT2D eigenvalue weighted by Crippen LogP contribution is -2.04. The number of hydrogen-bond acceptors (Lipinski definition) is 1. The van der Waals surface area contributed by atoms with Gasteiger partial charge in [0, 0.05) is 0 Å². The van der Waals surface area contributed by atoms with Crippen LogP contribution in [0.25, 0.3) is 0 Å². The number of Topliss-reactive ketones (excluding diaryl/α,β-unsaturated/α-hetero) is 1. The van der Waals surface area contributed by atoms with Gasteiger partial charge in [0.25, 0.3) is 0 Å². The van der Waals surface area contributed by atoms with E-state index in [2.05, 4.69) is 0 Å². The maximum atomic E-state index is 10.9. The van der Waals surface area contributed by atoms with Crippen molar-refractivity contribution in [1.82, 2.24) is 0 Å². The molecule has 1 heteroatoms. The van der Waals surface area contributed by atoms with Crippen molar-refractivity contribution in [2.45, 2.75) is 13.8 Å². The first-order valence-corrected chi connectivity index (χ1v) is 3.61. The van der Waals surface area contributed by atoms with Gasteiger partial charge in [-0.3, -0.25) is 4.79 Å². The highest BCUT2D eigenvalue weighted by molar-refractivity contribution is 5.93. The number of carbonyl (C=O) groups is 1. The zero-order chi connectivity index (χ0) is 8.27. The van der Waals surface area contributed by atoms with Crippen LogP contribution in [0.1, 0.15) is 19.4 Å². The molecule has 57 valence electrons. The summed E-state index contributed by atoms with van der Waals surface area (Å²) in [4.78, 5) is 10.9. The minimum atomic E-state index is 0.135. The molecule has 0 spiro atoms. The Hall–Kier alpha value is -1.11. The molecule has 0 aliphatic rings. The van der Waals surface area contributed by atoms with E-state index in [-0.39, 0.29) is 5.78 Å². The summed E-state index contributed by atoms with van der Waals surface area (Å²) in [5.41, 5.74) is 1.01. The molecule has 0 N–H and O–H groups in total. The van der Waals surface area contributed by atoms with E-state index in [4.69, 9.17) is 0 Å². The second-order valence-electron chi connectivity index (χ2n) is 2.55. The monoisotopic (exact) mass is 147 g/mol. The van der Waals surface area contributed by atoms with Crippen molar-refractivity contribution >= 4 is 5.78 Å². The van der Waals surface area contributed by atoms with Gasteiger partial charge >= 0.3 is 0 Å². The van der Waals surface area contributed by atoms with Crippen LogP contribution in [-0.4, -0.2) is 5.78 Å². The topological polar surface area (TPSA) is 17.1 Å². The second-order valence-corrected chi connectivity index (χ2v) is 2.55. The van der Waals surface area contributed by atoms with Crippen molar-refractivity contribution < 1.29 is 4.79 Å². The normalized spacial score (nSPS) is 10.1. The molecule has 1 aromatic rings. The molecule has 1 rings (SSSR count). The SMILES string of the molecule is C[C](C(C)=O)c1ccccc1. The Labute approximate surface area is 67.1 Å². The number of hydrogen-bond donors (Lipinski definition) is 0. The van der Waals surface area contributed by atoms with Crippen LogP contribution in [0.4, 0.5) is 0 Å². The number of benzene rings is 1. The fraction of sp³-hybridized carbons (Fsp3) is 0.200. The van der Waals surface area contributed by atoms with E-state index in [1.54, 1.807) is 6.92 Å². The van der Waals surface area contributed by atoms with Crippen LogP contribution in [0.3, 0.4) is 0 Å². The van der Waals surface area contributed by atoms with Crippen LogP contribution in [0, 0.1) is 5.92 Å². The summed E-state index contributed by atoms with van der Waals surface area (Å²) in [6.45, 7) is 3.43. The van der Waals surface area contributed by atoms with E-state index in [0.717, 1.165) is 11.5 Å². The summed E-state index contributed by atoms with van der Waals surface area (Å²) in [7, 11) is 0. The predicted molar refractivity (Wildman–Crippen MR) is 45.1 cm³/mol. The Morgan fingerprint density at radius 2 is 1.64 bits per heavy atom. The van der Waals surface area contributed by atoms with Crippen LogP contribution >= 0.6 is 0 Å². The molecule has 0 amide bonds. The third-order valence-corrected chi connectivity index (χ3v) is 1.73. The average molecular weight is 147 g/mol. The summed E-state index contributed by atoms with van der Waals surface area (Å²) >= 11 is 0. The molecule has 1 aromatic carbocycles. The maximum Gasteiger partial charge on any atom is 0.141 e. The molecule has 11 heavy (non-hydrogen) atoms. The first-order valence-electron chi connectivity index (χ1n) is 3.61.